The third-order valence-electron chi connectivity index (χ3n) is 4.25. The number of carbonyl (C=O) groups excluding carboxylic acids is 2. The zero-order chi connectivity index (χ0) is 19.0. The van der Waals surface area contributed by atoms with Crippen molar-refractivity contribution in [3.63, 3.8) is 0 Å². The molecule has 1 aliphatic rings. The van der Waals surface area contributed by atoms with Gasteiger partial charge in [0.25, 0.3) is 5.91 Å². The minimum atomic E-state index is -0.841. The summed E-state index contributed by atoms with van der Waals surface area (Å²) in [5.74, 6) is -1.62. The molecule has 1 aromatic carbocycles. The molecule has 0 bridgehead atoms. The van der Waals surface area contributed by atoms with Crippen molar-refractivity contribution < 1.29 is 14.7 Å². The second-order valence-electron chi connectivity index (χ2n) is 5.88. The summed E-state index contributed by atoms with van der Waals surface area (Å²) in [4.78, 5) is 32.1. The summed E-state index contributed by atoms with van der Waals surface area (Å²) in [6.45, 7) is 0. The van der Waals surface area contributed by atoms with Gasteiger partial charge in [-0.15, -0.1) is 11.3 Å². The van der Waals surface area contributed by atoms with E-state index in [1.807, 2.05) is 0 Å². The van der Waals surface area contributed by atoms with Gasteiger partial charge in [0, 0.05) is 16.9 Å². The van der Waals surface area contributed by atoms with E-state index in [4.69, 9.17) is 11.6 Å². The molecule has 1 amide bonds. The first-order valence-corrected chi connectivity index (χ1v) is 9.35. The molecule has 27 heavy (non-hydrogen) atoms. The molecular weight excluding hydrogens is 384 g/mol. The zero-order valence-corrected chi connectivity index (χ0v) is 15.4. The van der Waals surface area contributed by atoms with Gasteiger partial charge in [0.05, 0.1) is 16.1 Å². The van der Waals surface area contributed by atoms with E-state index in [0.717, 1.165) is 0 Å². The molecule has 134 valence electrons. The van der Waals surface area contributed by atoms with E-state index in [1.165, 1.54) is 16.2 Å². The molecule has 0 saturated heterocycles. The molecule has 0 aliphatic carbocycles. The van der Waals surface area contributed by atoms with E-state index in [-0.39, 0.29) is 5.57 Å². The predicted molar refractivity (Wildman–Crippen MR) is 104 cm³/mol. The lowest BCUT2D eigenvalue weighted by atomic mass is 9.98. The van der Waals surface area contributed by atoms with Crippen LogP contribution in [0, 0.1) is 0 Å². The largest absolute Gasteiger partial charge is 0.503 e. The van der Waals surface area contributed by atoms with Crippen LogP contribution in [0.15, 0.2) is 77.5 Å². The molecule has 1 N–H and O–H groups in total. The van der Waals surface area contributed by atoms with Crippen LogP contribution in [0.3, 0.4) is 0 Å². The fourth-order valence-electron chi connectivity index (χ4n) is 3.09. The van der Waals surface area contributed by atoms with Gasteiger partial charge in [-0.25, -0.2) is 0 Å². The SMILES string of the molecule is O=C(C1=C(O)C(=O)N(c2cccc(Cl)c2)C1c1ccccn1)c1cccs1. The number of benzene rings is 1. The highest BCUT2D eigenvalue weighted by Crippen LogP contribution is 2.41. The van der Waals surface area contributed by atoms with Crippen LogP contribution in [0.5, 0.6) is 0 Å². The number of aliphatic hydroxyl groups is 1. The fraction of sp³-hybridized carbons (Fsp3) is 0.0500. The highest BCUT2D eigenvalue weighted by Gasteiger charge is 2.45. The molecule has 0 fully saturated rings. The molecular formula is C20H13ClN2O3S. The van der Waals surface area contributed by atoms with Gasteiger partial charge in [-0.1, -0.05) is 29.8 Å². The Bertz CT molecular complexity index is 1050. The third kappa shape index (κ3) is 3.03. The van der Waals surface area contributed by atoms with Gasteiger partial charge in [-0.2, -0.15) is 0 Å². The number of rotatable bonds is 4. The minimum Gasteiger partial charge on any atom is -0.503 e. The van der Waals surface area contributed by atoms with E-state index >= 15 is 0 Å². The lowest BCUT2D eigenvalue weighted by molar-refractivity contribution is -0.117. The number of amides is 1. The highest BCUT2D eigenvalue weighted by atomic mass is 35.5. The molecule has 3 aromatic rings. The maximum atomic E-state index is 13.1. The number of anilines is 1. The summed E-state index contributed by atoms with van der Waals surface area (Å²) in [6.07, 6.45) is 1.58. The van der Waals surface area contributed by atoms with Crippen LogP contribution in [0.2, 0.25) is 5.02 Å². The number of ketones is 1. The summed E-state index contributed by atoms with van der Waals surface area (Å²) < 4.78 is 0. The minimum absolute atomic E-state index is 0.0149. The van der Waals surface area contributed by atoms with E-state index in [2.05, 4.69) is 4.98 Å². The Morgan fingerprint density at radius 3 is 2.67 bits per heavy atom. The number of aromatic nitrogens is 1. The average Bonchev–Trinajstić information content (AvgIpc) is 3.30. The van der Waals surface area contributed by atoms with Crippen molar-refractivity contribution in [2.75, 3.05) is 4.90 Å². The smallest absolute Gasteiger partial charge is 0.294 e. The Kier molecular flexibility index (Phi) is 4.51. The summed E-state index contributed by atoms with van der Waals surface area (Å²) in [7, 11) is 0. The monoisotopic (exact) mass is 396 g/mol. The van der Waals surface area contributed by atoms with Crippen molar-refractivity contribution in [3.8, 4) is 0 Å². The van der Waals surface area contributed by atoms with Crippen molar-refractivity contribution >= 4 is 40.3 Å². The topological polar surface area (TPSA) is 70.5 Å². The molecule has 0 saturated carbocycles. The number of hydrogen-bond acceptors (Lipinski definition) is 5. The Morgan fingerprint density at radius 1 is 1.15 bits per heavy atom. The normalized spacial score (nSPS) is 16.9. The quantitative estimate of drug-likeness (QED) is 0.655. The molecule has 1 atom stereocenters. The Labute approximate surface area is 164 Å². The first-order valence-electron chi connectivity index (χ1n) is 8.09. The van der Waals surface area contributed by atoms with E-state index in [9.17, 15) is 14.7 Å². The summed E-state index contributed by atoms with van der Waals surface area (Å²) in [5, 5.41) is 12.8. The maximum Gasteiger partial charge on any atom is 0.294 e. The Hall–Kier alpha value is -2.96. The second-order valence-corrected chi connectivity index (χ2v) is 7.27. The zero-order valence-electron chi connectivity index (χ0n) is 13.9. The maximum absolute atomic E-state index is 13.1. The highest BCUT2D eigenvalue weighted by molar-refractivity contribution is 7.12. The summed E-state index contributed by atoms with van der Waals surface area (Å²) >= 11 is 7.34. The van der Waals surface area contributed by atoms with Crippen LogP contribution in [0.25, 0.3) is 0 Å². The molecule has 5 nitrogen and oxygen atoms in total. The number of aliphatic hydroxyl groups excluding tert-OH is 1. The Balaban J connectivity index is 1.89. The second kappa shape index (κ2) is 6.98. The Morgan fingerprint density at radius 2 is 2.00 bits per heavy atom. The molecule has 1 unspecified atom stereocenters. The first kappa shape index (κ1) is 17.5. The number of nitrogens with zero attached hydrogens (tertiary/aromatic N) is 2. The van der Waals surface area contributed by atoms with Crippen molar-refractivity contribution in [2.45, 2.75) is 6.04 Å². The van der Waals surface area contributed by atoms with E-state index in [0.29, 0.717) is 21.3 Å². The molecule has 0 radical (unpaired) electrons. The molecule has 3 heterocycles. The average molecular weight is 397 g/mol. The summed E-state index contributed by atoms with van der Waals surface area (Å²) in [5.41, 5.74) is 0.972. The van der Waals surface area contributed by atoms with Crippen LogP contribution in [0.4, 0.5) is 5.69 Å². The molecule has 4 rings (SSSR count). The van der Waals surface area contributed by atoms with Crippen molar-refractivity contribution in [1.82, 2.24) is 4.98 Å². The van der Waals surface area contributed by atoms with Crippen LogP contribution >= 0.6 is 22.9 Å². The number of pyridine rings is 1. The molecule has 1 aliphatic heterocycles. The van der Waals surface area contributed by atoms with Gasteiger partial charge >= 0.3 is 0 Å². The van der Waals surface area contributed by atoms with Gasteiger partial charge in [0.2, 0.25) is 5.78 Å². The lowest BCUT2D eigenvalue weighted by Gasteiger charge is -2.26. The van der Waals surface area contributed by atoms with Gasteiger partial charge in [0.15, 0.2) is 5.76 Å². The molecule has 0 spiro atoms. The fourth-order valence-corrected chi connectivity index (χ4v) is 3.95. The van der Waals surface area contributed by atoms with Crippen molar-refractivity contribution in [3.05, 3.63) is 93.1 Å². The van der Waals surface area contributed by atoms with Gasteiger partial charge in [-0.3, -0.25) is 19.5 Å². The lowest BCUT2D eigenvalue weighted by Crippen LogP contribution is -2.31. The van der Waals surface area contributed by atoms with Crippen LogP contribution in [0.1, 0.15) is 21.4 Å². The third-order valence-corrected chi connectivity index (χ3v) is 5.36. The van der Waals surface area contributed by atoms with Crippen LogP contribution in [-0.2, 0) is 4.79 Å². The van der Waals surface area contributed by atoms with E-state index < -0.39 is 23.5 Å². The number of hydrogen-bond donors (Lipinski definition) is 1. The van der Waals surface area contributed by atoms with E-state index in [1.54, 1.807) is 66.2 Å². The van der Waals surface area contributed by atoms with Crippen LogP contribution < -0.4 is 4.90 Å². The number of thiophene rings is 1. The van der Waals surface area contributed by atoms with Crippen molar-refractivity contribution in [1.29, 1.82) is 0 Å². The van der Waals surface area contributed by atoms with Gasteiger partial charge in [-0.05, 0) is 41.8 Å². The first-order chi connectivity index (χ1) is 13.1. The molecule has 2 aromatic heterocycles. The predicted octanol–water partition coefficient (Wildman–Crippen LogP) is 4.58. The van der Waals surface area contributed by atoms with Gasteiger partial charge in [0.1, 0.15) is 6.04 Å². The number of halogens is 1. The number of carbonyl (C=O) groups is 2. The number of Topliss-reactive ketones (excluding diaryl/α,β-unsaturated/α-hetero) is 1. The molecule has 7 heteroatoms. The summed E-state index contributed by atoms with van der Waals surface area (Å²) in [6, 6.07) is 14.5. The van der Waals surface area contributed by atoms with Crippen molar-refractivity contribution in [2.24, 2.45) is 0 Å². The standard InChI is InChI=1S/C20H13ClN2O3S/c21-12-5-3-6-13(11-12)23-17(14-7-1-2-9-22-14)16(19(25)20(23)26)18(24)15-8-4-10-27-15/h1-11,17,25H. The van der Waals surface area contributed by atoms with Gasteiger partial charge < -0.3 is 5.11 Å². The van der Waals surface area contributed by atoms with Crippen LogP contribution in [-0.4, -0.2) is 21.8 Å².